The van der Waals surface area contributed by atoms with Crippen LogP contribution in [0.15, 0.2) is 24.3 Å². The number of carbonyl (C=O) groups excluding carboxylic acids is 2. The Labute approximate surface area is 139 Å². The quantitative estimate of drug-likeness (QED) is 0.484. The van der Waals surface area contributed by atoms with Gasteiger partial charge in [0.25, 0.3) is 5.69 Å². The highest BCUT2D eigenvalue weighted by atomic mass is 16.6. The molecule has 1 fully saturated rings. The number of nitro groups is 1. The molecule has 24 heavy (non-hydrogen) atoms. The number of amides is 1. The number of rotatable bonds is 6. The molecule has 1 heterocycles. The lowest BCUT2D eigenvalue weighted by molar-refractivity contribution is -0.383. The minimum atomic E-state index is -0.697. The molecular formula is C16H21N3O5. The first-order valence-electron chi connectivity index (χ1n) is 7.88. The Morgan fingerprint density at radius 3 is 2.58 bits per heavy atom. The van der Waals surface area contributed by atoms with Crippen molar-refractivity contribution in [3.63, 3.8) is 0 Å². The van der Waals surface area contributed by atoms with Gasteiger partial charge in [-0.25, -0.2) is 0 Å². The molecule has 0 radical (unpaired) electrons. The highest BCUT2D eigenvalue weighted by molar-refractivity contribution is 5.98. The van der Waals surface area contributed by atoms with Gasteiger partial charge < -0.3 is 10.1 Å². The lowest BCUT2D eigenvalue weighted by Crippen LogP contribution is -2.47. The predicted octanol–water partition coefficient (Wildman–Crippen LogP) is 1.95. The number of para-hydroxylation sites is 2. The summed E-state index contributed by atoms with van der Waals surface area (Å²) >= 11 is 0. The third-order valence-corrected chi connectivity index (χ3v) is 4.08. The molecule has 1 aliphatic heterocycles. The van der Waals surface area contributed by atoms with E-state index in [0.29, 0.717) is 13.1 Å². The number of nitrogens with zero attached hydrogens (tertiary/aromatic N) is 2. The van der Waals surface area contributed by atoms with Gasteiger partial charge in [-0.05, 0) is 32.0 Å². The molecule has 8 heteroatoms. The Kier molecular flexibility index (Phi) is 6.25. The fourth-order valence-corrected chi connectivity index (χ4v) is 2.81. The molecular weight excluding hydrogens is 314 g/mol. The number of ether oxygens (including phenoxy) is 1. The van der Waals surface area contributed by atoms with E-state index in [1.165, 1.54) is 25.3 Å². The Morgan fingerprint density at radius 1 is 1.29 bits per heavy atom. The number of hydrogen-bond donors (Lipinski definition) is 1. The fraction of sp³-hybridized carbons (Fsp3) is 0.500. The Morgan fingerprint density at radius 2 is 1.96 bits per heavy atom. The minimum Gasteiger partial charge on any atom is -0.469 e. The molecule has 8 nitrogen and oxygen atoms in total. The summed E-state index contributed by atoms with van der Waals surface area (Å²) in [6, 6.07) is 5.24. The molecule has 2 rings (SSSR count). The van der Waals surface area contributed by atoms with Gasteiger partial charge >= 0.3 is 5.97 Å². The van der Waals surface area contributed by atoms with Crippen LogP contribution in [0.4, 0.5) is 11.4 Å². The second-order valence-electron chi connectivity index (χ2n) is 5.66. The van der Waals surface area contributed by atoms with Gasteiger partial charge in [-0.15, -0.1) is 0 Å². The van der Waals surface area contributed by atoms with Crippen molar-refractivity contribution in [3.05, 3.63) is 34.4 Å². The van der Waals surface area contributed by atoms with Crippen molar-refractivity contribution in [1.29, 1.82) is 0 Å². The number of nitro benzene ring substituents is 1. The van der Waals surface area contributed by atoms with E-state index in [1.807, 2.05) is 4.90 Å². The summed E-state index contributed by atoms with van der Waals surface area (Å²) in [5.74, 6) is -0.917. The second-order valence-corrected chi connectivity index (χ2v) is 5.66. The average molecular weight is 335 g/mol. The van der Waals surface area contributed by atoms with E-state index in [1.54, 1.807) is 6.07 Å². The van der Waals surface area contributed by atoms with Gasteiger partial charge in [0.05, 0.1) is 18.5 Å². The normalized spacial score (nSPS) is 16.2. The van der Waals surface area contributed by atoms with Crippen LogP contribution in [-0.2, 0) is 14.3 Å². The Balaban J connectivity index is 2.17. The van der Waals surface area contributed by atoms with Gasteiger partial charge in [-0.2, -0.15) is 0 Å². The number of carbonyl (C=O) groups is 2. The van der Waals surface area contributed by atoms with Crippen LogP contribution >= 0.6 is 0 Å². The number of likely N-dealkylation sites (tertiary alicyclic amines) is 1. The highest BCUT2D eigenvalue weighted by Crippen LogP contribution is 2.24. The minimum absolute atomic E-state index is 0.0804. The van der Waals surface area contributed by atoms with Crippen molar-refractivity contribution < 1.29 is 19.2 Å². The van der Waals surface area contributed by atoms with Crippen LogP contribution in [0.2, 0.25) is 0 Å². The number of anilines is 1. The van der Waals surface area contributed by atoms with Crippen molar-refractivity contribution in [2.24, 2.45) is 0 Å². The summed E-state index contributed by atoms with van der Waals surface area (Å²) in [6.07, 6.45) is 2.92. The molecule has 0 unspecified atom stereocenters. The molecule has 1 amide bonds. The van der Waals surface area contributed by atoms with Crippen molar-refractivity contribution in [2.45, 2.75) is 31.7 Å². The predicted molar refractivity (Wildman–Crippen MR) is 87.6 cm³/mol. The molecule has 1 aliphatic rings. The van der Waals surface area contributed by atoms with Gasteiger partial charge in [-0.1, -0.05) is 18.6 Å². The summed E-state index contributed by atoms with van der Waals surface area (Å²) in [5.41, 5.74) is -0.0549. The first-order chi connectivity index (χ1) is 11.5. The lowest BCUT2D eigenvalue weighted by atomic mass is 10.1. The Bertz CT molecular complexity index is 613. The zero-order valence-electron chi connectivity index (χ0n) is 13.6. The maximum absolute atomic E-state index is 12.7. The van der Waals surface area contributed by atoms with Gasteiger partial charge in [0.2, 0.25) is 5.91 Å². The monoisotopic (exact) mass is 335 g/mol. The molecule has 1 aromatic carbocycles. The van der Waals surface area contributed by atoms with E-state index in [4.69, 9.17) is 0 Å². The van der Waals surface area contributed by atoms with Crippen molar-refractivity contribution >= 4 is 23.3 Å². The van der Waals surface area contributed by atoms with E-state index in [-0.39, 0.29) is 17.8 Å². The number of hydrogen-bond acceptors (Lipinski definition) is 6. The van der Waals surface area contributed by atoms with Crippen LogP contribution < -0.4 is 5.32 Å². The van der Waals surface area contributed by atoms with Crippen LogP contribution in [0.1, 0.15) is 25.7 Å². The van der Waals surface area contributed by atoms with Crippen LogP contribution in [0, 0.1) is 10.1 Å². The molecule has 1 aromatic rings. The van der Waals surface area contributed by atoms with Crippen LogP contribution in [0.5, 0.6) is 0 Å². The smallest absolute Gasteiger partial charge is 0.307 e. The summed E-state index contributed by atoms with van der Waals surface area (Å²) in [4.78, 5) is 36.8. The third-order valence-electron chi connectivity index (χ3n) is 4.08. The van der Waals surface area contributed by atoms with E-state index in [9.17, 15) is 19.7 Å². The highest BCUT2D eigenvalue weighted by Gasteiger charge is 2.30. The average Bonchev–Trinajstić information content (AvgIpc) is 2.60. The van der Waals surface area contributed by atoms with Gasteiger partial charge in [-0.3, -0.25) is 24.6 Å². The van der Waals surface area contributed by atoms with Crippen molar-refractivity contribution in [2.75, 3.05) is 25.5 Å². The van der Waals surface area contributed by atoms with Crippen molar-refractivity contribution in [1.82, 2.24) is 4.90 Å². The molecule has 0 saturated carbocycles. The SMILES string of the molecule is COC(=O)C[C@@H](C(=O)Nc1ccccc1[N+](=O)[O-])N1CCCCC1. The van der Waals surface area contributed by atoms with E-state index < -0.39 is 22.8 Å². The van der Waals surface area contributed by atoms with Gasteiger partial charge in [0, 0.05) is 6.07 Å². The van der Waals surface area contributed by atoms with E-state index >= 15 is 0 Å². The molecule has 1 N–H and O–H groups in total. The summed E-state index contributed by atoms with van der Waals surface area (Å²) < 4.78 is 4.68. The standard InChI is InChI=1S/C16H21N3O5/c1-24-15(20)11-14(18-9-5-2-6-10-18)16(21)17-12-7-3-4-8-13(12)19(22)23/h3-4,7-8,14H,2,5-6,9-11H2,1H3,(H,17,21)/t14-/m0/s1. The summed E-state index contributed by atoms with van der Waals surface area (Å²) in [7, 11) is 1.27. The number of methoxy groups -OCH3 is 1. The molecule has 1 saturated heterocycles. The molecule has 0 bridgehead atoms. The molecule has 0 aromatic heterocycles. The second kappa shape index (κ2) is 8.39. The molecule has 0 spiro atoms. The van der Waals surface area contributed by atoms with Gasteiger partial charge in [0.1, 0.15) is 11.7 Å². The lowest BCUT2D eigenvalue weighted by Gasteiger charge is -2.33. The topological polar surface area (TPSA) is 102 Å². The van der Waals surface area contributed by atoms with Gasteiger partial charge in [0.15, 0.2) is 0 Å². The maximum Gasteiger partial charge on any atom is 0.307 e. The van der Waals surface area contributed by atoms with Crippen LogP contribution in [0.3, 0.4) is 0 Å². The largest absolute Gasteiger partial charge is 0.469 e. The number of esters is 1. The number of nitrogens with one attached hydrogen (secondary N) is 1. The van der Waals surface area contributed by atoms with E-state index in [2.05, 4.69) is 10.1 Å². The zero-order chi connectivity index (χ0) is 17.5. The Hall–Kier alpha value is -2.48. The number of piperidine rings is 1. The summed E-state index contributed by atoms with van der Waals surface area (Å²) in [5, 5.41) is 13.7. The molecule has 0 aliphatic carbocycles. The molecule has 130 valence electrons. The summed E-state index contributed by atoms with van der Waals surface area (Å²) in [6.45, 7) is 1.43. The van der Waals surface area contributed by atoms with Crippen LogP contribution in [-0.4, -0.2) is 47.9 Å². The zero-order valence-corrected chi connectivity index (χ0v) is 13.6. The van der Waals surface area contributed by atoms with Crippen molar-refractivity contribution in [3.8, 4) is 0 Å². The number of benzene rings is 1. The molecule has 1 atom stereocenters. The fourth-order valence-electron chi connectivity index (χ4n) is 2.81. The maximum atomic E-state index is 12.7. The van der Waals surface area contributed by atoms with Crippen LogP contribution in [0.25, 0.3) is 0 Å². The van der Waals surface area contributed by atoms with E-state index in [0.717, 1.165) is 19.3 Å². The third kappa shape index (κ3) is 4.51. The first kappa shape index (κ1) is 17.9. The first-order valence-corrected chi connectivity index (χ1v) is 7.88.